The van der Waals surface area contributed by atoms with Crippen LogP contribution in [0, 0.1) is 0 Å². The van der Waals surface area contributed by atoms with Crippen molar-refractivity contribution in [1.82, 2.24) is 10.2 Å². The lowest BCUT2D eigenvalue weighted by atomic mass is 9.97. The molecule has 0 radical (unpaired) electrons. The van der Waals surface area contributed by atoms with Gasteiger partial charge >= 0.3 is 0 Å². The van der Waals surface area contributed by atoms with Crippen molar-refractivity contribution < 1.29 is 9.59 Å². The van der Waals surface area contributed by atoms with E-state index >= 15 is 0 Å². The molecule has 5 nitrogen and oxygen atoms in total. The SMILES string of the molecule is C[C@H]1CCC[C@H](C)N1CCCNC(=O)c1ccc2c(c1)NC(=O)/C(=C/c1ccccc1)S2. The van der Waals surface area contributed by atoms with Crippen LogP contribution in [0.3, 0.4) is 0 Å². The zero-order valence-corrected chi connectivity index (χ0v) is 19.6. The van der Waals surface area contributed by atoms with E-state index in [9.17, 15) is 9.59 Å². The molecule has 0 spiro atoms. The van der Waals surface area contributed by atoms with E-state index in [2.05, 4.69) is 29.4 Å². The maximum Gasteiger partial charge on any atom is 0.262 e. The molecule has 1 saturated heterocycles. The third kappa shape index (κ3) is 5.43. The molecule has 6 heteroatoms. The minimum Gasteiger partial charge on any atom is -0.352 e. The molecule has 2 aliphatic heterocycles. The summed E-state index contributed by atoms with van der Waals surface area (Å²) in [5.41, 5.74) is 2.24. The van der Waals surface area contributed by atoms with Gasteiger partial charge in [-0.15, -0.1) is 0 Å². The van der Waals surface area contributed by atoms with Crippen LogP contribution in [0.25, 0.3) is 6.08 Å². The van der Waals surface area contributed by atoms with Crippen LogP contribution in [0.2, 0.25) is 0 Å². The van der Waals surface area contributed by atoms with Crippen LogP contribution in [0.4, 0.5) is 5.69 Å². The van der Waals surface area contributed by atoms with Crippen LogP contribution < -0.4 is 10.6 Å². The van der Waals surface area contributed by atoms with E-state index in [1.807, 2.05) is 48.5 Å². The summed E-state index contributed by atoms with van der Waals surface area (Å²) in [6, 6.07) is 16.5. The number of anilines is 1. The number of amides is 2. The molecular formula is C26H31N3O2S. The van der Waals surface area contributed by atoms with Crippen molar-refractivity contribution in [2.45, 2.75) is 56.5 Å². The first-order valence-electron chi connectivity index (χ1n) is 11.4. The monoisotopic (exact) mass is 449 g/mol. The number of likely N-dealkylation sites (tertiary alicyclic amines) is 1. The normalized spacial score (nSPS) is 22.3. The summed E-state index contributed by atoms with van der Waals surface area (Å²) >= 11 is 1.43. The zero-order valence-electron chi connectivity index (χ0n) is 18.8. The number of fused-ring (bicyclic) bond motifs is 1. The van der Waals surface area contributed by atoms with Gasteiger partial charge in [-0.3, -0.25) is 14.5 Å². The van der Waals surface area contributed by atoms with E-state index in [1.165, 1.54) is 31.0 Å². The highest BCUT2D eigenvalue weighted by Gasteiger charge is 2.24. The van der Waals surface area contributed by atoms with Crippen molar-refractivity contribution in [3.8, 4) is 0 Å². The lowest BCUT2D eigenvalue weighted by Gasteiger charge is -2.39. The minimum absolute atomic E-state index is 0.0996. The third-order valence-electron chi connectivity index (χ3n) is 6.29. The quantitative estimate of drug-likeness (QED) is 0.473. The first-order chi connectivity index (χ1) is 15.5. The number of hydrogen-bond donors (Lipinski definition) is 2. The number of carbonyl (C=O) groups excluding carboxylic acids is 2. The van der Waals surface area contributed by atoms with Crippen molar-refractivity contribution in [3.63, 3.8) is 0 Å². The fourth-order valence-electron chi connectivity index (χ4n) is 4.48. The van der Waals surface area contributed by atoms with Crippen molar-refractivity contribution in [3.05, 3.63) is 64.6 Å². The summed E-state index contributed by atoms with van der Waals surface area (Å²) in [5.74, 6) is -0.244. The Kier molecular flexibility index (Phi) is 7.33. The van der Waals surface area contributed by atoms with Crippen LogP contribution in [0.1, 0.15) is 55.5 Å². The Morgan fingerprint density at radius 1 is 1.16 bits per heavy atom. The van der Waals surface area contributed by atoms with Crippen LogP contribution in [0.15, 0.2) is 58.3 Å². The van der Waals surface area contributed by atoms with Crippen molar-refractivity contribution in [1.29, 1.82) is 0 Å². The minimum atomic E-state index is -0.145. The summed E-state index contributed by atoms with van der Waals surface area (Å²) in [6.07, 6.45) is 6.65. The van der Waals surface area contributed by atoms with Gasteiger partial charge in [0.25, 0.3) is 11.8 Å². The predicted molar refractivity (Wildman–Crippen MR) is 132 cm³/mol. The first-order valence-corrected chi connectivity index (χ1v) is 12.3. The van der Waals surface area contributed by atoms with Gasteiger partial charge in [0.15, 0.2) is 0 Å². The number of thioether (sulfide) groups is 1. The predicted octanol–water partition coefficient (Wildman–Crippen LogP) is 5.15. The van der Waals surface area contributed by atoms with E-state index < -0.39 is 0 Å². The second kappa shape index (κ2) is 10.4. The molecule has 2 heterocycles. The van der Waals surface area contributed by atoms with Gasteiger partial charge in [0.1, 0.15) is 0 Å². The standard InChI is InChI=1S/C26H31N3O2S/c1-18-8-6-9-19(2)29(18)15-7-14-27-25(30)21-12-13-23-22(17-21)28-26(31)24(32-23)16-20-10-4-3-5-11-20/h3-5,10-13,16-19H,6-9,14-15H2,1-2H3,(H,27,30)(H,28,31)/b24-16-/t18-,19-/m0/s1. The second-order valence-corrected chi connectivity index (χ2v) is 9.75. The van der Waals surface area contributed by atoms with E-state index in [0.29, 0.717) is 34.8 Å². The Morgan fingerprint density at radius 2 is 1.91 bits per heavy atom. The van der Waals surface area contributed by atoms with Crippen LogP contribution in [-0.4, -0.2) is 41.9 Å². The van der Waals surface area contributed by atoms with Crippen molar-refractivity contribution >= 4 is 35.3 Å². The second-order valence-electron chi connectivity index (χ2n) is 8.66. The average Bonchev–Trinajstić information content (AvgIpc) is 2.79. The topological polar surface area (TPSA) is 61.4 Å². The maximum absolute atomic E-state index is 12.6. The summed E-state index contributed by atoms with van der Waals surface area (Å²) in [4.78, 5) is 29.3. The summed E-state index contributed by atoms with van der Waals surface area (Å²) in [7, 11) is 0. The Labute approximate surface area is 194 Å². The fourth-order valence-corrected chi connectivity index (χ4v) is 5.42. The van der Waals surface area contributed by atoms with Crippen LogP contribution in [0.5, 0.6) is 0 Å². The molecule has 0 unspecified atom stereocenters. The van der Waals surface area contributed by atoms with Gasteiger partial charge in [0.2, 0.25) is 0 Å². The van der Waals surface area contributed by atoms with Gasteiger partial charge in [-0.05, 0) is 62.9 Å². The molecule has 32 heavy (non-hydrogen) atoms. The Bertz CT molecular complexity index is 995. The molecular weight excluding hydrogens is 418 g/mol. The Hall–Kier alpha value is -2.57. The number of carbonyl (C=O) groups is 2. The largest absolute Gasteiger partial charge is 0.352 e. The highest BCUT2D eigenvalue weighted by atomic mass is 32.2. The number of piperidine rings is 1. The zero-order chi connectivity index (χ0) is 22.5. The fraction of sp³-hybridized carbons (Fsp3) is 0.385. The van der Waals surface area contributed by atoms with Crippen LogP contribution >= 0.6 is 11.8 Å². The van der Waals surface area contributed by atoms with Gasteiger partial charge in [-0.1, -0.05) is 48.5 Å². The average molecular weight is 450 g/mol. The molecule has 2 amide bonds. The molecule has 0 aromatic heterocycles. The smallest absolute Gasteiger partial charge is 0.262 e. The molecule has 0 bridgehead atoms. The molecule has 2 atom stereocenters. The molecule has 0 saturated carbocycles. The van der Waals surface area contributed by atoms with Gasteiger partial charge in [-0.25, -0.2) is 0 Å². The molecule has 1 fully saturated rings. The summed E-state index contributed by atoms with van der Waals surface area (Å²) < 4.78 is 0. The molecule has 2 aromatic rings. The number of nitrogens with one attached hydrogen (secondary N) is 2. The highest BCUT2D eigenvalue weighted by Crippen LogP contribution is 2.39. The van der Waals surface area contributed by atoms with Crippen LogP contribution in [-0.2, 0) is 4.79 Å². The van der Waals surface area contributed by atoms with E-state index in [1.54, 1.807) is 6.07 Å². The molecule has 4 rings (SSSR count). The summed E-state index contributed by atoms with van der Waals surface area (Å²) in [6.45, 7) is 6.26. The molecule has 0 aliphatic carbocycles. The van der Waals surface area contributed by atoms with E-state index in [-0.39, 0.29) is 11.8 Å². The lowest BCUT2D eigenvalue weighted by Crippen LogP contribution is -2.44. The van der Waals surface area contributed by atoms with E-state index in [4.69, 9.17) is 0 Å². The van der Waals surface area contributed by atoms with Crippen molar-refractivity contribution in [2.75, 3.05) is 18.4 Å². The maximum atomic E-state index is 12.6. The molecule has 168 valence electrons. The molecule has 2 N–H and O–H groups in total. The van der Waals surface area contributed by atoms with Gasteiger partial charge in [0.05, 0.1) is 10.6 Å². The Balaban J connectivity index is 1.33. The van der Waals surface area contributed by atoms with Gasteiger partial charge in [0, 0.05) is 35.6 Å². The lowest BCUT2D eigenvalue weighted by molar-refractivity contribution is -0.112. The van der Waals surface area contributed by atoms with Gasteiger partial charge < -0.3 is 10.6 Å². The highest BCUT2D eigenvalue weighted by molar-refractivity contribution is 8.04. The van der Waals surface area contributed by atoms with Crippen molar-refractivity contribution in [2.24, 2.45) is 0 Å². The van der Waals surface area contributed by atoms with E-state index in [0.717, 1.165) is 23.4 Å². The number of nitrogens with zero attached hydrogens (tertiary/aromatic N) is 1. The first kappa shape index (κ1) is 22.6. The molecule has 2 aliphatic rings. The number of hydrogen-bond acceptors (Lipinski definition) is 4. The Morgan fingerprint density at radius 3 is 2.66 bits per heavy atom. The number of benzene rings is 2. The number of rotatable bonds is 6. The van der Waals surface area contributed by atoms with Gasteiger partial charge in [-0.2, -0.15) is 0 Å². The third-order valence-corrected chi connectivity index (χ3v) is 7.38. The summed E-state index contributed by atoms with van der Waals surface area (Å²) in [5, 5.41) is 5.96. The molecule has 2 aromatic carbocycles.